The van der Waals surface area contributed by atoms with Crippen molar-refractivity contribution in [3.63, 3.8) is 0 Å². The maximum Gasteiger partial charge on any atom is 0.0712 e. The van der Waals surface area contributed by atoms with Crippen molar-refractivity contribution in [2.75, 3.05) is 24.7 Å². The second-order valence-electron chi connectivity index (χ2n) is 8.99. The average molecular weight is 303 g/mol. The zero-order valence-corrected chi connectivity index (χ0v) is 15.8. The number of rotatable bonds is 2. The molecule has 1 fully saturated rings. The lowest BCUT2D eigenvalue weighted by Crippen LogP contribution is -2.41. The summed E-state index contributed by atoms with van der Waals surface area (Å²) >= 11 is 0. The van der Waals surface area contributed by atoms with Gasteiger partial charge in [0.1, 0.15) is 0 Å². The highest BCUT2D eigenvalue weighted by molar-refractivity contribution is 5.63. The topological polar surface area (TPSA) is 6.48 Å². The summed E-state index contributed by atoms with van der Waals surface area (Å²) in [6.45, 7) is 21.9. The second-order valence-corrected chi connectivity index (χ2v) is 8.99. The van der Waals surface area contributed by atoms with Crippen LogP contribution in [0.25, 0.3) is 0 Å². The number of hydrogen-bond donors (Lipinski definition) is 0. The predicted octanol–water partition coefficient (Wildman–Crippen LogP) is 4.99. The Hall–Kier alpha value is -1.02. The predicted molar refractivity (Wildman–Crippen MR) is 97.9 cm³/mol. The Balaban J connectivity index is 2.45. The standard InChI is InChI=1S/C20H34N2/c1-15(2)16-10-9-11-17(19(3,4)5)18(16)21-12-13-22(14-21)20(6,7)8/h9-11,15H,12-14H2,1-8H3. The van der Waals surface area contributed by atoms with Crippen LogP contribution in [0.2, 0.25) is 0 Å². The summed E-state index contributed by atoms with van der Waals surface area (Å²) in [5, 5.41) is 0. The third-order valence-corrected chi connectivity index (χ3v) is 4.74. The maximum atomic E-state index is 2.60. The van der Waals surface area contributed by atoms with Gasteiger partial charge in [-0.1, -0.05) is 52.8 Å². The van der Waals surface area contributed by atoms with E-state index in [1.165, 1.54) is 16.8 Å². The summed E-state index contributed by atoms with van der Waals surface area (Å²) in [5.74, 6) is 0.556. The van der Waals surface area contributed by atoms with Crippen LogP contribution in [0.5, 0.6) is 0 Å². The van der Waals surface area contributed by atoms with Crippen molar-refractivity contribution in [3.05, 3.63) is 29.3 Å². The Bertz CT molecular complexity index is 517. The normalized spacial score (nSPS) is 17.6. The minimum atomic E-state index is 0.176. The lowest BCUT2D eigenvalue weighted by atomic mass is 9.82. The Morgan fingerprint density at radius 1 is 0.955 bits per heavy atom. The van der Waals surface area contributed by atoms with Crippen LogP contribution in [-0.2, 0) is 5.41 Å². The van der Waals surface area contributed by atoms with Crippen LogP contribution in [0, 0.1) is 0 Å². The van der Waals surface area contributed by atoms with Crippen LogP contribution in [0.3, 0.4) is 0 Å². The first-order valence-electron chi connectivity index (χ1n) is 8.65. The molecule has 0 saturated carbocycles. The summed E-state index contributed by atoms with van der Waals surface area (Å²) < 4.78 is 0. The molecule has 0 unspecified atom stereocenters. The van der Waals surface area contributed by atoms with Gasteiger partial charge in [0.2, 0.25) is 0 Å². The maximum absolute atomic E-state index is 2.60. The molecule has 0 spiro atoms. The van der Waals surface area contributed by atoms with Crippen LogP contribution >= 0.6 is 0 Å². The van der Waals surface area contributed by atoms with Crippen molar-refractivity contribution in [2.24, 2.45) is 0 Å². The molecule has 124 valence electrons. The number of benzene rings is 1. The number of hydrogen-bond acceptors (Lipinski definition) is 2. The largest absolute Gasteiger partial charge is 0.357 e. The Kier molecular flexibility index (Phi) is 4.64. The molecule has 0 bridgehead atoms. The molecule has 1 saturated heterocycles. The SMILES string of the molecule is CC(C)c1cccc(C(C)(C)C)c1N1CCN(C(C)(C)C)C1. The van der Waals surface area contributed by atoms with Crippen molar-refractivity contribution in [1.82, 2.24) is 4.90 Å². The van der Waals surface area contributed by atoms with Crippen molar-refractivity contribution in [3.8, 4) is 0 Å². The molecule has 22 heavy (non-hydrogen) atoms. The summed E-state index contributed by atoms with van der Waals surface area (Å²) in [6.07, 6.45) is 0. The smallest absolute Gasteiger partial charge is 0.0712 e. The van der Waals surface area contributed by atoms with Gasteiger partial charge in [0.25, 0.3) is 0 Å². The van der Waals surface area contributed by atoms with Gasteiger partial charge in [0, 0.05) is 24.3 Å². The van der Waals surface area contributed by atoms with Crippen molar-refractivity contribution in [1.29, 1.82) is 0 Å². The average Bonchev–Trinajstić information content (AvgIpc) is 2.85. The van der Waals surface area contributed by atoms with Crippen molar-refractivity contribution < 1.29 is 0 Å². The summed E-state index contributed by atoms with van der Waals surface area (Å²) in [5.41, 5.74) is 4.87. The molecule has 2 heteroatoms. The fourth-order valence-corrected chi connectivity index (χ4v) is 3.30. The van der Waals surface area contributed by atoms with E-state index >= 15 is 0 Å². The van der Waals surface area contributed by atoms with E-state index in [1.807, 2.05) is 0 Å². The highest BCUT2D eigenvalue weighted by atomic mass is 15.4. The molecule has 0 aliphatic carbocycles. The third-order valence-electron chi connectivity index (χ3n) is 4.74. The highest BCUT2D eigenvalue weighted by Crippen LogP contribution is 2.39. The Morgan fingerprint density at radius 3 is 2.05 bits per heavy atom. The lowest BCUT2D eigenvalue weighted by Gasteiger charge is -2.34. The molecule has 0 atom stereocenters. The van der Waals surface area contributed by atoms with Gasteiger partial charge in [-0.15, -0.1) is 0 Å². The molecule has 0 N–H and O–H groups in total. The van der Waals surface area contributed by atoms with E-state index in [4.69, 9.17) is 0 Å². The molecule has 1 aliphatic heterocycles. The van der Waals surface area contributed by atoms with Gasteiger partial charge in [-0.3, -0.25) is 4.90 Å². The molecular formula is C20H34N2. The lowest BCUT2D eigenvalue weighted by molar-refractivity contribution is 0.177. The Morgan fingerprint density at radius 2 is 1.59 bits per heavy atom. The van der Waals surface area contributed by atoms with E-state index in [1.54, 1.807) is 0 Å². The van der Waals surface area contributed by atoms with Crippen LogP contribution < -0.4 is 4.90 Å². The first kappa shape index (κ1) is 17.3. The van der Waals surface area contributed by atoms with Crippen molar-refractivity contribution in [2.45, 2.75) is 72.3 Å². The van der Waals surface area contributed by atoms with E-state index < -0.39 is 0 Å². The molecule has 1 heterocycles. The number of nitrogens with zero attached hydrogens (tertiary/aromatic N) is 2. The van der Waals surface area contributed by atoms with Crippen LogP contribution in [-0.4, -0.2) is 30.2 Å². The zero-order chi connectivity index (χ0) is 16.7. The van der Waals surface area contributed by atoms with E-state index in [-0.39, 0.29) is 11.0 Å². The van der Waals surface area contributed by atoms with Gasteiger partial charge in [-0.05, 0) is 43.2 Å². The van der Waals surface area contributed by atoms with Crippen LogP contribution in [0.15, 0.2) is 18.2 Å². The van der Waals surface area contributed by atoms with E-state index in [9.17, 15) is 0 Å². The van der Waals surface area contributed by atoms with E-state index in [0.29, 0.717) is 5.92 Å². The fourth-order valence-electron chi connectivity index (χ4n) is 3.30. The van der Waals surface area contributed by atoms with Crippen LogP contribution in [0.4, 0.5) is 5.69 Å². The molecule has 0 aromatic heterocycles. The molecule has 0 radical (unpaired) electrons. The first-order valence-corrected chi connectivity index (χ1v) is 8.65. The van der Waals surface area contributed by atoms with Gasteiger partial charge < -0.3 is 4.90 Å². The Labute approximate surface area is 137 Å². The molecule has 2 rings (SSSR count). The quantitative estimate of drug-likeness (QED) is 0.759. The third kappa shape index (κ3) is 3.48. The molecule has 0 amide bonds. The van der Waals surface area contributed by atoms with Gasteiger partial charge in [0.15, 0.2) is 0 Å². The minimum absolute atomic E-state index is 0.176. The molecule has 1 aromatic rings. The van der Waals surface area contributed by atoms with Crippen molar-refractivity contribution >= 4 is 5.69 Å². The zero-order valence-electron chi connectivity index (χ0n) is 15.8. The molecular weight excluding hydrogens is 268 g/mol. The summed E-state index contributed by atoms with van der Waals surface area (Å²) in [6, 6.07) is 6.87. The molecule has 1 aromatic carbocycles. The van der Waals surface area contributed by atoms with Gasteiger partial charge in [0.05, 0.1) is 6.67 Å². The summed E-state index contributed by atoms with van der Waals surface area (Å²) in [7, 11) is 0. The van der Waals surface area contributed by atoms with Gasteiger partial charge in [-0.25, -0.2) is 0 Å². The molecule has 2 nitrogen and oxygen atoms in total. The monoisotopic (exact) mass is 302 g/mol. The first-order chi connectivity index (χ1) is 10.0. The molecule has 1 aliphatic rings. The fraction of sp³-hybridized carbons (Fsp3) is 0.700. The van der Waals surface area contributed by atoms with E-state index in [0.717, 1.165) is 19.8 Å². The van der Waals surface area contributed by atoms with E-state index in [2.05, 4.69) is 83.4 Å². The highest BCUT2D eigenvalue weighted by Gasteiger charge is 2.32. The number of para-hydroxylation sites is 1. The van der Waals surface area contributed by atoms with Gasteiger partial charge >= 0.3 is 0 Å². The summed E-state index contributed by atoms with van der Waals surface area (Å²) in [4.78, 5) is 5.18. The van der Waals surface area contributed by atoms with Crippen LogP contribution in [0.1, 0.15) is 72.4 Å². The minimum Gasteiger partial charge on any atom is -0.357 e. The van der Waals surface area contributed by atoms with Gasteiger partial charge in [-0.2, -0.15) is 0 Å². The second kappa shape index (κ2) is 5.88. The number of anilines is 1.